The van der Waals surface area contributed by atoms with Gasteiger partial charge in [0.2, 0.25) is 10.0 Å². The Balaban J connectivity index is 1.45. The first-order valence-electron chi connectivity index (χ1n) is 9.71. The van der Waals surface area contributed by atoms with Crippen molar-refractivity contribution in [1.29, 1.82) is 0 Å². The molecule has 0 unspecified atom stereocenters. The Morgan fingerprint density at radius 2 is 1.83 bits per heavy atom. The number of nitrogens with one attached hydrogen (secondary N) is 1. The van der Waals surface area contributed by atoms with Crippen molar-refractivity contribution in [2.45, 2.75) is 36.6 Å². The van der Waals surface area contributed by atoms with E-state index in [4.69, 9.17) is 0 Å². The number of benzene rings is 1. The number of nitrogens with zero attached hydrogens (tertiary/aromatic N) is 3. The van der Waals surface area contributed by atoms with Gasteiger partial charge in [-0.05, 0) is 49.2 Å². The lowest BCUT2D eigenvalue weighted by atomic mass is 10.2. The summed E-state index contributed by atoms with van der Waals surface area (Å²) in [4.78, 5) is 21.4. The molecule has 0 aliphatic heterocycles. The lowest BCUT2D eigenvalue weighted by Crippen LogP contribution is -2.35. The van der Waals surface area contributed by atoms with Crippen LogP contribution in [0.5, 0.6) is 0 Å². The minimum absolute atomic E-state index is 0.0520. The quantitative estimate of drug-likeness (QED) is 0.622. The number of pyridine rings is 1. The molecule has 0 bridgehead atoms. The minimum Gasteiger partial charge on any atom is -0.298 e. The minimum atomic E-state index is -3.57. The first-order chi connectivity index (χ1) is 14.4. The molecule has 0 radical (unpaired) electrons. The normalized spacial score (nSPS) is 14.9. The van der Waals surface area contributed by atoms with E-state index in [-0.39, 0.29) is 16.8 Å². The summed E-state index contributed by atoms with van der Waals surface area (Å²) in [7, 11) is -1.93. The molecule has 4 rings (SSSR count). The number of aromatic nitrogens is 2. The smallest absolute Gasteiger partial charge is 0.257 e. The van der Waals surface area contributed by atoms with Crippen LogP contribution >= 0.6 is 11.3 Å². The van der Waals surface area contributed by atoms with Gasteiger partial charge in [-0.3, -0.25) is 15.1 Å². The van der Waals surface area contributed by atoms with Gasteiger partial charge in [0.05, 0.1) is 10.6 Å². The summed E-state index contributed by atoms with van der Waals surface area (Å²) in [5, 5.41) is 5.04. The molecule has 0 atom stereocenters. The average Bonchev–Trinajstić information content (AvgIpc) is 3.46. The molecule has 1 fully saturated rings. The van der Waals surface area contributed by atoms with Crippen molar-refractivity contribution in [1.82, 2.24) is 14.3 Å². The van der Waals surface area contributed by atoms with Crippen molar-refractivity contribution in [3.05, 3.63) is 59.6 Å². The van der Waals surface area contributed by atoms with Gasteiger partial charge in [-0.25, -0.2) is 13.4 Å². The van der Waals surface area contributed by atoms with Crippen molar-refractivity contribution >= 4 is 32.4 Å². The van der Waals surface area contributed by atoms with Gasteiger partial charge in [0.25, 0.3) is 5.91 Å². The summed E-state index contributed by atoms with van der Waals surface area (Å²) in [6, 6.07) is 11.6. The van der Waals surface area contributed by atoms with Crippen LogP contribution in [0.15, 0.2) is 58.9 Å². The SMILES string of the molecule is CN(C1CCCC1)S(=O)(=O)c1ccc(C(=O)Nc2nc(-c3ccccn3)cs2)cc1. The second-order valence-electron chi connectivity index (χ2n) is 7.19. The summed E-state index contributed by atoms with van der Waals surface area (Å²) in [6.07, 6.45) is 5.59. The van der Waals surface area contributed by atoms with E-state index < -0.39 is 10.0 Å². The Hall–Kier alpha value is -2.62. The highest BCUT2D eigenvalue weighted by atomic mass is 32.2. The molecule has 7 nitrogen and oxygen atoms in total. The topological polar surface area (TPSA) is 92.3 Å². The zero-order valence-corrected chi connectivity index (χ0v) is 18.1. The molecule has 1 amide bonds. The maximum atomic E-state index is 12.8. The van der Waals surface area contributed by atoms with Gasteiger partial charge < -0.3 is 0 Å². The van der Waals surface area contributed by atoms with Gasteiger partial charge in [0, 0.05) is 30.2 Å². The predicted octanol–water partition coefficient (Wildman–Crippen LogP) is 4.02. The highest BCUT2D eigenvalue weighted by Gasteiger charge is 2.30. The molecular weight excluding hydrogens is 420 g/mol. The molecule has 1 aliphatic carbocycles. The van der Waals surface area contributed by atoms with Crippen LogP contribution in [0.25, 0.3) is 11.4 Å². The number of hydrogen-bond acceptors (Lipinski definition) is 6. The third-order valence-corrected chi connectivity index (χ3v) is 7.97. The molecular formula is C21H22N4O3S2. The molecule has 30 heavy (non-hydrogen) atoms. The largest absolute Gasteiger partial charge is 0.298 e. The number of thiazole rings is 1. The Morgan fingerprint density at radius 1 is 1.10 bits per heavy atom. The monoisotopic (exact) mass is 442 g/mol. The summed E-state index contributed by atoms with van der Waals surface area (Å²) in [6.45, 7) is 0. The maximum absolute atomic E-state index is 12.8. The van der Waals surface area contributed by atoms with Crippen LogP contribution in [-0.2, 0) is 10.0 Å². The second kappa shape index (κ2) is 8.63. The zero-order chi connectivity index (χ0) is 21.1. The number of sulfonamides is 1. The van der Waals surface area contributed by atoms with Crippen LogP contribution in [0.4, 0.5) is 5.13 Å². The van der Waals surface area contributed by atoms with Gasteiger partial charge in [0.15, 0.2) is 5.13 Å². The van der Waals surface area contributed by atoms with Crippen molar-refractivity contribution in [3.8, 4) is 11.4 Å². The van der Waals surface area contributed by atoms with E-state index in [0.717, 1.165) is 31.4 Å². The van der Waals surface area contributed by atoms with Gasteiger partial charge in [0.1, 0.15) is 5.69 Å². The maximum Gasteiger partial charge on any atom is 0.257 e. The van der Waals surface area contributed by atoms with Crippen LogP contribution in [0.3, 0.4) is 0 Å². The second-order valence-corrected chi connectivity index (χ2v) is 10.0. The van der Waals surface area contributed by atoms with Gasteiger partial charge >= 0.3 is 0 Å². The fourth-order valence-electron chi connectivity index (χ4n) is 3.54. The van der Waals surface area contributed by atoms with Crippen LogP contribution < -0.4 is 5.32 Å². The molecule has 3 aromatic rings. The molecule has 2 heterocycles. The average molecular weight is 443 g/mol. The Kier molecular flexibility index (Phi) is 5.94. The van der Waals surface area contributed by atoms with Crippen LogP contribution in [0.1, 0.15) is 36.0 Å². The molecule has 0 spiro atoms. The summed E-state index contributed by atoms with van der Waals surface area (Å²) < 4.78 is 27.1. The Labute approximate surface area is 179 Å². The molecule has 9 heteroatoms. The predicted molar refractivity (Wildman–Crippen MR) is 117 cm³/mol. The molecule has 1 N–H and O–H groups in total. The zero-order valence-electron chi connectivity index (χ0n) is 16.5. The third kappa shape index (κ3) is 4.28. The van der Waals surface area contributed by atoms with Crippen LogP contribution in [0, 0.1) is 0 Å². The Bertz CT molecular complexity index is 1120. The van der Waals surface area contributed by atoms with Crippen LogP contribution in [-0.4, -0.2) is 41.7 Å². The summed E-state index contributed by atoms with van der Waals surface area (Å²) in [5.74, 6) is -0.343. The Morgan fingerprint density at radius 3 is 2.50 bits per heavy atom. The number of carbonyl (C=O) groups is 1. The van der Waals surface area contributed by atoms with E-state index in [1.54, 1.807) is 13.2 Å². The van der Waals surface area contributed by atoms with E-state index >= 15 is 0 Å². The standard InChI is InChI=1S/C21H22N4O3S2/c1-25(16-6-2-3-7-16)30(27,28)17-11-9-15(10-12-17)20(26)24-21-23-19(14-29-21)18-8-4-5-13-22-18/h4-5,8-14,16H,2-3,6-7H2,1H3,(H,23,24,26). The lowest BCUT2D eigenvalue weighted by molar-refractivity contribution is 0.102. The third-order valence-electron chi connectivity index (χ3n) is 5.28. The highest BCUT2D eigenvalue weighted by Crippen LogP contribution is 2.28. The van der Waals surface area contributed by atoms with Crippen LogP contribution in [0.2, 0.25) is 0 Å². The number of amides is 1. The first-order valence-corrected chi connectivity index (χ1v) is 12.0. The highest BCUT2D eigenvalue weighted by molar-refractivity contribution is 7.89. The molecule has 1 aliphatic rings. The number of rotatable bonds is 6. The molecule has 0 saturated heterocycles. The fraction of sp³-hybridized carbons (Fsp3) is 0.286. The van der Waals surface area contributed by atoms with Gasteiger partial charge in [-0.1, -0.05) is 18.9 Å². The van der Waals surface area contributed by atoms with E-state index in [0.29, 0.717) is 16.4 Å². The molecule has 156 valence electrons. The molecule has 1 aromatic carbocycles. The fourth-order valence-corrected chi connectivity index (χ4v) is 5.66. The van der Waals surface area contributed by atoms with Gasteiger partial charge in [-0.15, -0.1) is 11.3 Å². The lowest BCUT2D eigenvalue weighted by Gasteiger charge is -2.23. The number of anilines is 1. The van der Waals surface area contributed by atoms with Gasteiger partial charge in [-0.2, -0.15) is 4.31 Å². The van der Waals surface area contributed by atoms with Crippen molar-refractivity contribution in [3.63, 3.8) is 0 Å². The molecule has 1 saturated carbocycles. The van der Waals surface area contributed by atoms with Crippen molar-refractivity contribution in [2.24, 2.45) is 0 Å². The first kappa shape index (κ1) is 20.6. The summed E-state index contributed by atoms with van der Waals surface area (Å²) in [5.41, 5.74) is 1.79. The van der Waals surface area contributed by atoms with E-state index in [1.165, 1.54) is 39.9 Å². The van der Waals surface area contributed by atoms with E-state index in [2.05, 4.69) is 15.3 Å². The number of hydrogen-bond donors (Lipinski definition) is 1. The summed E-state index contributed by atoms with van der Waals surface area (Å²) >= 11 is 1.31. The van der Waals surface area contributed by atoms with Crippen molar-refractivity contribution in [2.75, 3.05) is 12.4 Å². The molecule has 2 aromatic heterocycles. The van der Waals surface area contributed by atoms with Crippen molar-refractivity contribution < 1.29 is 13.2 Å². The van der Waals surface area contributed by atoms with E-state index in [1.807, 2.05) is 23.6 Å². The number of carbonyl (C=O) groups excluding carboxylic acids is 1. The van der Waals surface area contributed by atoms with E-state index in [9.17, 15) is 13.2 Å².